The molecule has 1 aliphatic carbocycles. The molecule has 1 aromatic carbocycles. The SMILES string of the molecule is C=C[Si](CC)(CC)c1ccc(C(=O)OOC2CCC(CCCC)CC2)cc1. The minimum atomic E-state index is -1.63. The van der Waals surface area contributed by atoms with E-state index < -0.39 is 14.0 Å². The summed E-state index contributed by atoms with van der Waals surface area (Å²) in [5.74, 6) is 0.424. The Morgan fingerprint density at radius 2 is 1.74 bits per heavy atom. The number of carbonyl (C=O) groups excluding carboxylic acids is 1. The van der Waals surface area contributed by atoms with Gasteiger partial charge in [-0.2, -0.15) is 4.89 Å². The van der Waals surface area contributed by atoms with E-state index in [0.717, 1.165) is 30.8 Å². The lowest BCUT2D eigenvalue weighted by molar-refractivity contribution is -0.280. The zero-order valence-corrected chi connectivity index (χ0v) is 18.3. The van der Waals surface area contributed by atoms with Crippen molar-refractivity contribution in [1.29, 1.82) is 0 Å². The van der Waals surface area contributed by atoms with E-state index in [-0.39, 0.29) is 6.10 Å². The lowest BCUT2D eigenvalue weighted by atomic mass is 9.84. The second-order valence-electron chi connectivity index (χ2n) is 7.90. The summed E-state index contributed by atoms with van der Waals surface area (Å²) in [4.78, 5) is 22.9. The summed E-state index contributed by atoms with van der Waals surface area (Å²) >= 11 is 0. The molecule has 0 spiro atoms. The van der Waals surface area contributed by atoms with E-state index in [4.69, 9.17) is 9.78 Å². The Morgan fingerprint density at radius 3 is 2.26 bits per heavy atom. The lowest BCUT2D eigenvalue weighted by Crippen LogP contribution is -2.44. The van der Waals surface area contributed by atoms with Crippen LogP contribution < -0.4 is 5.19 Å². The third-order valence-electron chi connectivity index (χ3n) is 6.37. The molecule has 3 nitrogen and oxygen atoms in total. The lowest BCUT2D eigenvalue weighted by Gasteiger charge is -2.27. The topological polar surface area (TPSA) is 35.5 Å². The van der Waals surface area contributed by atoms with Gasteiger partial charge in [-0.05, 0) is 43.7 Å². The highest BCUT2D eigenvalue weighted by Gasteiger charge is 2.28. The summed E-state index contributed by atoms with van der Waals surface area (Å²) in [6.45, 7) is 10.8. The van der Waals surface area contributed by atoms with Crippen LogP contribution in [0.25, 0.3) is 0 Å². The Labute approximate surface area is 166 Å². The predicted octanol–water partition coefficient (Wildman–Crippen LogP) is 5.94. The van der Waals surface area contributed by atoms with Crippen molar-refractivity contribution in [1.82, 2.24) is 0 Å². The average molecular weight is 389 g/mol. The van der Waals surface area contributed by atoms with Crippen LogP contribution in [0, 0.1) is 5.92 Å². The van der Waals surface area contributed by atoms with Crippen molar-refractivity contribution >= 4 is 19.2 Å². The molecule has 0 aliphatic heterocycles. The highest BCUT2D eigenvalue weighted by molar-refractivity contribution is 6.95. The van der Waals surface area contributed by atoms with Gasteiger partial charge in [-0.1, -0.05) is 75.1 Å². The first-order valence-electron chi connectivity index (χ1n) is 10.7. The Hall–Kier alpha value is -1.39. The second-order valence-corrected chi connectivity index (χ2v) is 12.6. The first kappa shape index (κ1) is 21.9. The molecule has 1 aromatic rings. The third kappa shape index (κ3) is 5.79. The van der Waals surface area contributed by atoms with Gasteiger partial charge in [-0.3, -0.25) is 4.89 Å². The molecular formula is C23H36O3Si. The Bertz CT molecular complexity index is 584. The highest BCUT2D eigenvalue weighted by Crippen LogP contribution is 2.30. The zero-order chi connectivity index (χ0) is 19.7. The summed E-state index contributed by atoms with van der Waals surface area (Å²) in [5.41, 5.74) is 2.70. The summed E-state index contributed by atoms with van der Waals surface area (Å²) < 4.78 is 0. The Kier molecular flexibility index (Phi) is 8.77. The van der Waals surface area contributed by atoms with Crippen LogP contribution in [0.3, 0.4) is 0 Å². The summed E-state index contributed by atoms with van der Waals surface area (Å²) in [6, 6.07) is 10.1. The van der Waals surface area contributed by atoms with Crippen LogP contribution in [0.2, 0.25) is 12.1 Å². The van der Waals surface area contributed by atoms with Gasteiger partial charge < -0.3 is 0 Å². The molecule has 0 amide bonds. The zero-order valence-electron chi connectivity index (χ0n) is 17.3. The smallest absolute Gasteiger partial charge is 0.293 e. The molecule has 0 saturated heterocycles. The molecule has 27 heavy (non-hydrogen) atoms. The van der Waals surface area contributed by atoms with Crippen LogP contribution in [0.15, 0.2) is 36.5 Å². The minimum Gasteiger partial charge on any atom is -0.293 e. The number of hydrogen-bond acceptors (Lipinski definition) is 3. The maximum Gasteiger partial charge on any atom is 0.373 e. The second kappa shape index (κ2) is 10.8. The molecule has 0 atom stereocenters. The van der Waals surface area contributed by atoms with Gasteiger partial charge in [0.2, 0.25) is 0 Å². The fourth-order valence-corrected chi connectivity index (χ4v) is 7.13. The Balaban J connectivity index is 1.84. The van der Waals surface area contributed by atoms with Gasteiger partial charge in [0.25, 0.3) is 0 Å². The fraction of sp³-hybridized carbons (Fsp3) is 0.609. The molecule has 0 unspecified atom stereocenters. The number of unbranched alkanes of at least 4 members (excludes halogenated alkanes) is 1. The van der Waals surface area contributed by atoms with Crippen molar-refractivity contribution in [3.63, 3.8) is 0 Å². The number of carbonyl (C=O) groups is 1. The van der Waals surface area contributed by atoms with Crippen molar-refractivity contribution in [3.05, 3.63) is 42.1 Å². The normalized spacial score (nSPS) is 20.3. The number of benzene rings is 1. The van der Waals surface area contributed by atoms with Crippen LogP contribution in [0.4, 0.5) is 0 Å². The van der Waals surface area contributed by atoms with E-state index in [0.29, 0.717) is 5.56 Å². The molecule has 150 valence electrons. The fourth-order valence-electron chi connectivity index (χ4n) is 4.17. The van der Waals surface area contributed by atoms with Crippen LogP contribution in [0.1, 0.15) is 76.1 Å². The molecule has 1 saturated carbocycles. The van der Waals surface area contributed by atoms with Gasteiger partial charge >= 0.3 is 5.97 Å². The third-order valence-corrected chi connectivity index (χ3v) is 11.2. The van der Waals surface area contributed by atoms with Crippen molar-refractivity contribution in [2.75, 3.05) is 0 Å². The molecule has 0 heterocycles. The highest BCUT2D eigenvalue weighted by atomic mass is 28.3. The molecule has 0 N–H and O–H groups in total. The van der Waals surface area contributed by atoms with Crippen LogP contribution >= 0.6 is 0 Å². The van der Waals surface area contributed by atoms with E-state index in [1.54, 1.807) is 0 Å². The molecule has 0 radical (unpaired) electrons. The molecule has 1 aliphatic rings. The minimum absolute atomic E-state index is 0.0482. The monoisotopic (exact) mass is 388 g/mol. The summed E-state index contributed by atoms with van der Waals surface area (Å²) in [7, 11) is -1.63. The van der Waals surface area contributed by atoms with E-state index in [1.165, 1.54) is 37.3 Å². The quantitative estimate of drug-likeness (QED) is 0.282. The number of rotatable bonds is 10. The predicted molar refractivity (Wildman–Crippen MR) is 115 cm³/mol. The summed E-state index contributed by atoms with van der Waals surface area (Å²) in [5, 5.41) is 1.32. The molecule has 2 rings (SSSR count). The molecule has 4 heteroatoms. The van der Waals surface area contributed by atoms with E-state index in [2.05, 4.69) is 45.2 Å². The molecule has 0 aromatic heterocycles. The van der Waals surface area contributed by atoms with Gasteiger partial charge in [0.05, 0.1) is 5.56 Å². The van der Waals surface area contributed by atoms with Gasteiger partial charge in [0.1, 0.15) is 14.2 Å². The van der Waals surface area contributed by atoms with Crippen molar-refractivity contribution < 1.29 is 14.6 Å². The largest absolute Gasteiger partial charge is 0.373 e. The number of hydrogen-bond donors (Lipinski definition) is 0. The Morgan fingerprint density at radius 1 is 1.11 bits per heavy atom. The first-order valence-corrected chi connectivity index (χ1v) is 13.2. The van der Waals surface area contributed by atoms with Crippen LogP contribution in [-0.4, -0.2) is 20.1 Å². The maximum atomic E-state index is 12.3. The van der Waals surface area contributed by atoms with Gasteiger partial charge in [0, 0.05) is 0 Å². The van der Waals surface area contributed by atoms with E-state index in [9.17, 15) is 4.79 Å². The van der Waals surface area contributed by atoms with Gasteiger partial charge in [0.15, 0.2) is 0 Å². The van der Waals surface area contributed by atoms with Crippen molar-refractivity contribution in [3.8, 4) is 0 Å². The van der Waals surface area contributed by atoms with E-state index >= 15 is 0 Å². The van der Waals surface area contributed by atoms with Crippen LogP contribution in [-0.2, 0) is 9.78 Å². The van der Waals surface area contributed by atoms with Crippen LogP contribution in [0.5, 0.6) is 0 Å². The van der Waals surface area contributed by atoms with Gasteiger partial charge in [-0.15, -0.1) is 6.58 Å². The maximum absolute atomic E-state index is 12.3. The van der Waals surface area contributed by atoms with Gasteiger partial charge in [-0.25, -0.2) is 4.79 Å². The molecule has 1 fully saturated rings. The molecular weight excluding hydrogens is 352 g/mol. The first-order chi connectivity index (χ1) is 13.1. The summed E-state index contributed by atoms with van der Waals surface area (Å²) in [6.07, 6.45) is 8.28. The molecule has 0 bridgehead atoms. The average Bonchev–Trinajstić information content (AvgIpc) is 2.73. The van der Waals surface area contributed by atoms with Crippen molar-refractivity contribution in [2.45, 2.75) is 83.9 Å². The van der Waals surface area contributed by atoms with Crippen molar-refractivity contribution in [2.24, 2.45) is 5.92 Å². The van der Waals surface area contributed by atoms with E-state index in [1.807, 2.05) is 12.1 Å². The standard InChI is InChI=1S/C23H36O3Si/c1-5-9-10-19-11-15-21(16-12-19)25-26-23(24)20-13-17-22(18-14-20)27(6-2,7-3)8-4/h6,13-14,17-19,21H,2,5,7-12,15-16H2,1,3-4H3.